The Morgan fingerprint density at radius 1 is 1.07 bits per heavy atom. The third-order valence-electron chi connectivity index (χ3n) is 3.29. The summed E-state index contributed by atoms with van der Waals surface area (Å²) in [5.74, 6) is -3.16. The molecule has 2 aromatic carbocycles. The van der Waals surface area contributed by atoms with Crippen LogP contribution in [0.3, 0.4) is 0 Å². The summed E-state index contributed by atoms with van der Waals surface area (Å²) in [4.78, 5) is 23.0. The Morgan fingerprint density at radius 3 is 2.33 bits per heavy atom. The Hall–Kier alpha value is -2.85. The third kappa shape index (κ3) is 5.83. The molecule has 1 amide bonds. The molecule has 0 aliphatic carbocycles. The van der Waals surface area contributed by atoms with Gasteiger partial charge in [-0.05, 0) is 43.3 Å². The number of hydrogen-bond donors (Lipinski definition) is 2. The van der Waals surface area contributed by atoms with E-state index >= 15 is 0 Å². The van der Waals surface area contributed by atoms with Crippen molar-refractivity contribution in [1.29, 1.82) is 0 Å². The average molecular weight is 398 g/mol. The van der Waals surface area contributed by atoms with Crippen molar-refractivity contribution in [2.24, 2.45) is 0 Å². The van der Waals surface area contributed by atoms with Gasteiger partial charge in [-0.3, -0.25) is 9.59 Å². The van der Waals surface area contributed by atoms with Crippen LogP contribution in [0.25, 0.3) is 0 Å². The highest BCUT2D eigenvalue weighted by Crippen LogP contribution is 2.14. The molecule has 0 unspecified atom stereocenters. The number of carbonyl (C=O) groups is 2. The molecule has 2 rings (SSSR count). The molecule has 0 saturated heterocycles. The highest BCUT2D eigenvalue weighted by atomic mass is 32.2. The number of hydrogen-bond acceptors (Lipinski definition) is 5. The predicted octanol–water partition coefficient (Wildman–Crippen LogP) is 1.81. The van der Waals surface area contributed by atoms with E-state index in [1.54, 1.807) is 0 Å². The van der Waals surface area contributed by atoms with Crippen molar-refractivity contribution in [3.63, 3.8) is 0 Å². The van der Waals surface area contributed by atoms with Crippen LogP contribution in [0.5, 0.6) is 0 Å². The molecule has 0 aromatic heterocycles. The minimum atomic E-state index is -4.29. The van der Waals surface area contributed by atoms with E-state index in [0.29, 0.717) is 5.69 Å². The number of benzene rings is 2. The predicted molar refractivity (Wildman–Crippen MR) is 92.2 cm³/mol. The first-order chi connectivity index (χ1) is 12.7. The molecule has 0 bridgehead atoms. The molecule has 0 fully saturated rings. The van der Waals surface area contributed by atoms with Gasteiger partial charge in [0.25, 0.3) is 5.91 Å². The second-order valence-electron chi connectivity index (χ2n) is 5.44. The molecule has 0 aliphatic heterocycles. The van der Waals surface area contributed by atoms with E-state index in [0.717, 1.165) is 24.3 Å². The zero-order valence-electron chi connectivity index (χ0n) is 14.1. The van der Waals surface area contributed by atoms with Gasteiger partial charge in [-0.1, -0.05) is 12.1 Å². The van der Waals surface area contributed by atoms with Gasteiger partial charge in [0.2, 0.25) is 10.0 Å². The van der Waals surface area contributed by atoms with Gasteiger partial charge < -0.3 is 10.1 Å². The molecule has 0 heterocycles. The third-order valence-corrected chi connectivity index (χ3v) is 4.86. The fourth-order valence-corrected chi connectivity index (χ4v) is 3.27. The maximum Gasteiger partial charge on any atom is 0.324 e. The number of carbonyl (C=O) groups excluding carboxylic acids is 2. The summed E-state index contributed by atoms with van der Waals surface area (Å²) >= 11 is 0. The SMILES string of the molecule is C[C@H](NS(=O)(=O)c1ccccc1F)C(=O)OCC(=O)Nc1ccc(F)cc1. The number of halogens is 2. The Balaban J connectivity index is 1.89. The Labute approximate surface area is 154 Å². The van der Waals surface area contributed by atoms with E-state index in [1.165, 1.54) is 31.2 Å². The number of ether oxygens (including phenoxy) is 1. The summed E-state index contributed by atoms with van der Waals surface area (Å²) in [7, 11) is -4.29. The number of rotatable bonds is 7. The molecule has 0 radical (unpaired) electrons. The summed E-state index contributed by atoms with van der Waals surface area (Å²) in [5.41, 5.74) is 0.297. The lowest BCUT2D eigenvalue weighted by molar-refractivity contribution is -0.148. The van der Waals surface area contributed by atoms with Gasteiger partial charge in [-0.2, -0.15) is 4.72 Å². The Kier molecular flexibility index (Phi) is 6.59. The van der Waals surface area contributed by atoms with Gasteiger partial charge in [0.05, 0.1) is 0 Å². The van der Waals surface area contributed by atoms with Crippen molar-refractivity contribution in [3.8, 4) is 0 Å². The van der Waals surface area contributed by atoms with Crippen molar-refractivity contribution in [1.82, 2.24) is 4.72 Å². The van der Waals surface area contributed by atoms with E-state index in [2.05, 4.69) is 5.32 Å². The normalized spacial score (nSPS) is 12.3. The van der Waals surface area contributed by atoms with Crippen LogP contribution in [0.4, 0.5) is 14.5 Å². The molecular weight excluding hydrogens is 382 g/mol. The standard InChI is InChI=1S/C17H16F2N2O5S/c1-11(21-27(24,25)15-5-3-2-4-14(15)19)17(23)26-10-16(22)20-13-8-6-12(18)7-9-13/h2-9,11,21H,10H2,1H3,(H,20,22)/t11-/m0/s1. The van der Waals surface area contributed by atoms with Crippen LogP contribution in [0, 0.1) is 11.6 Å². The summed E-state index contributed by atoms with van der Waals surface area (Å²) in [5, 5.41) is 2.37. The molecule has 27 heavy (non-hydrogen) atoms. The van der Waals surface area contributed by atoms with Gasteiger partial charge >= 0.3 is 5.97 Å². The zero-order valence-corrected chi connectivity index (χ0v) is 14.9. The fourth-order valence-electron chi connectivity index (χ4n) is 2.00. The molecule has 2 aromatic rings. The van der Waals surface area contributed by atoms with E-state index in [9.17, 15) is 26.8 Å². The van der Waals surface area contributed by atoms with E-state index in [4.69, 9.17) is 4.74 Å². The lowest BCUT2D eigenvalue weighted by Crippen LogP contribution is -2.40. The van der Waals surface area contributed by atoms with Gasteiger partial charge in [0.1, 0.15) is 22.6 Å². The minimum Gasteiger partial charge on any atom is -0.454 e. The number of nitrogens with one attached hydrogen (secondary N) is 2. The monoisotopic (exact) mass is 398 g/mol. The second kappa shape index (κ2) is 8.69. The summed E-state index contributed by atoms with van der Waals surface area (Å²) < 4.78 is 57.3. The topological polar surface area (TPSA) is 102 Å². The van der Waals surface area contributed by atoms with Crippen molar-refractivity contribution in [2.45, 2.75) is 17.9 Å². The molecule has 0 saturated carbocycles. The number of sulfonamides is 1. The van der Waals surface area contributed by atoms with Gasteiger partial charge in [0.15, 0.2) is 6.61 Å². The van der Waals surface area contributed by atoms with Gasteiger partial charge in [-0.25, -0.2) is 17.2 Å². The molecule has 1 atom stereocenters. The largest absolute Gasteiger partial charge is 0.454 e. The Bertz CT molecular complexity index is 933. The van der Waals surface area contributed by atoms with E-state index < -0.39 is 51.1 Å². The molecule has 0 aliphatic rings. The van der Waals surface area contributed by atoms with Crippen LogP contribution < -0.4 is 10.0 Å². The van der Waals surface area contributed by atoms with Crippen LogP contribution in [-0.2, 0) is 24.3 Å². The first kappa shape index (κ1) is 20.5. The highest BCUT2D eigenvalue weighted by molar-refractivity contribution is 7.89. The van der Waals surface area contributed by atoms with Crippen molar-refractivity contribution in [3.05, 3.63) is 60.2 Å². The summed E-state index contributed by atoms with van der Waals surface area (Å²) in [6, 6.07) is 8.24. The molecule has 0 spiro atoms. The molecular formula is C17H16F2N2O5S. The van der Waals surface area contributed by atoms with Gasteiger partial charge in [-0.15, -0.1) is 0 Å². The highest BCUT2D eigenvalue weighted by Gasteiger charge is 2.25. The van der Waals surface area contributed by atoms with Gasteiger partial charge in [0, 0.05) is 5.69 Å². The smallest absolute Gasteiger partial charge is 0.324 e. The first-order valence-electron chi connectivity index (χ1n) is 7.68. The quantitative estimate of drug-likeness (QED) is 0.693. The zero-order chi connectivity index (χ0) is 20.0. The average Bonchev–Trinajstić information content (AvgIpc) is 2.61. The first-order valence-corrected chi connectivity index (χ1v) is 9.16. The minimum absolute atomic E-state index is 0.297. The summed E-state index contributed by atoms with van der Waals surface area (Å²) in [6.45, 7) is 0.514. The fraction of sp³-hybridized carbons (Fsp3) is 0.176. The van der Waals surface area contributed by atoms with E-state index in [1.807, 2.05) is 4.72 Å². The molecule has 7 nitrogen and oxygen atoms in total. The number of esters is 1. The van der Waals surface area contributed by atoms with Crippen molar-refractivity contribution in [2.75, 3.05) is 11.9 Å². The van der Waals surface area contributed by atoms with Crippen molar-refractivity contribution >= 4 is 27.6 Å². The lowest BCUT2D eigenvalue weighted by atomic mass is 10.3. The van der Waals surface area contributed by atoms with Crippen molar-refractivity contribution < 1.29 is 31.5 Å². The second-order valence-corrected chi connectivity index (χ2v) is 7.12. The Morgan fingerprint density at radius 2 is 1.70 bits per heavy atom. The van der Waals surface area contributed by atoms with Crippen LogP contribution in [0.1, 0.15) is 6.92 Å². The van der Waals surface area contributed by atoms with Crippen LogP contribution in [-0.4, -0.2) is 32.9 Å². The lowest BCUT2D eigenvalue weighted by Gasteiger charge is -2.14. The molecule has 10 heteroatoms. The number of amides is 1. The molecule has 144 valence electrons. The maximum absolute atomic E-state index is 13.6. The summed E-state index contributed by atoms with van der Waals surface area (Å²) in [6.07, 6.45) is 0. The number of anilines is 1. The van der Waals surface area contributed by atoms with Crippen LogP contribution in [0.2, 0.25) is 0 Å². The van der Waals surface area contributed by atoms with E-state index in [-0.39, 0.29) is 0 Å². The van der Waals surface area contributed by atoms with Crippen LogP contribution >= 0.6 is 0 Å². The maximum atomic E-state index is 13.6. The molecule has 2 N–H and O–H groups in total. The van der Waals surface area contributed by atoms with Crippen LogP contribution in [0.15, 0.2) is 53.4 Å².